The monoisotopic (exact) mass is 238 g/mol. The zero-order chi connectivity index (χ0) is 12.4. The maximum absolute atomic E-state index is 2.78. The van der Waals surface area contributed by atoms with E-state index in [0.717, 1.165) is 23.8 Å². The molecule has 3 unspecified atom stereocenters. The fraction of sp³-hybridized carbons (Fsp3) is 1.00. The molecule has 0 bridgehead atoms. The van der Waals surface area contributed by atoms with Crippen molar-refractivity contribution >= 4 is 0 Å². The lowest BCUT2D eigenvalue weighted by Crippen LogP contribution is -2.46. The maximum Gasteiger partial charge on any atom is 0.0235 e. The minimum Gasteiger partial charge on any atom is -0.301 e. The van der Waals surface area contributed by atoms with Gasteiger partial charge < -0.3 is 4.90 Å². The van der Waals surface area contributed by atoms with Crippen LogP contribution >= 0.6 is 0 Å². The first kappa shape index (κ1) is 13.4. The van der Waals surface area contributed by atoms with Crippen molar-refractivity contribution in [2.45, 2.75) is 46.6 Å². The normalized spacial score (nSPS) is 36.9. The summed E-state index contributed by atoms with van der Waals surface area (Å²) in [4.78, 5) is 5.44. The Bertz CT molecular complexity index is 229. The topological polar surface area (TPSA) is 6.48 Å². The van der Waals surface area contributed by atoms with Crippen LogP contribution in [0, 0.1) is 17.8 Å². The predicted molar refractivity (Wildman–Crippen MR) is 74.2 cm³/mol. The van der Waals surface area contributed by atoms with Gasteiger partial charge in [-0.1, -0.05) is 27.7 Å². The molecule has 0 aromatic heterocycles. The van der Waals surface area contributed by atoms with Gasteiger partial charge in [0.25, 0.3) is 0 Å². The van der Waals surface area contributed by atoms with Crippen molar-refractivity contribution in [3.8, 4) is 0 Å². The third-order valence-electron chi connectivity index (χ3n) is 4.28. The van der Waals surface area contributed by atoms with Gasteiger partial charge in [0.1, 0.15) is 0 Å². The van der Waals surface area contributed by atoms with E-state index in [1.54, 1.807) is 0 Å². The molecule has 2 nitrogen and oxygen atoms in total. The maximum atomic E-state index is 2.78. The van der Waals surface area contributed by atoms with E-state index in [1.165, 1.54) is 45.6 Å². The zero-order valence-electron chi connectivity index (χ0n) is 12.2. The van der Waals surface area contributed by atoms with Gasteiger partial charge in [-0.25, -0.2) is 0 Å². The molecular weight excluding hydrogens is 208 g/mol. The highest BCUT2D eigenvalue weighted by molar-refractivity contribution is 4.87. The minimum atomic E-state index is 0.813. The molecule has 2 saturated heterocycles. The molecular formula is C15H30N2. The highest BCUT2D eigenvalue weighted by atomic mass is 15.3. The van der Waals surface area contributed by atoms with E-state index in [4.69, 9.17) is 0 Å². The van der Waals surface area contributed by atoms with Crippen molar-refractivity contribution in [1.82, 2.24) is 9.80 Å². The summed E-state index contributed by atoms with van der Waals surface area (Å²) in [5, 5.41) is 0. The summed E-state index contributed by atoms with van der Waals surface area (Å²) in [6.07, 6.45) is 2.82. The minimum absolute atomic E-state index is 0.813. The van der Waals surface area contributed by atoms with Crippen LogP contribution in [0.3, 0.4) is 0 Å². The molecule has 0 saturated carbocycles. The molecule has 0 aromatic carbocycles. The van der Waals surface area contributed by atoms with Crippen molar-refractivity contribution in [2.75, 3.05) is 32.7 Å². The molecule has 2 heterocycles. The van der Waals surface area contributed by atoms with Crippen molar-refractivity contribution in [1.29, 1.82) is 0 Å². The molecule has 100 valence electrons. The van der Waals surface area contributed by atoms with E-state index in [2.05, 4.69) is 37.5 Å². The second-order valence-corrected chi connectivity index (χ2v) is 7.00. The number of likely N-dealkylation sites (tertiary alicyclic amines) is 2. The summed E-state index contributed by atoms with van der Waals surface area (Å²) >= 11 is 0. The van der Waals surface area contributed by atoms with Crippen LogP contribution < -0.4 is 0 Å². The van der Waals surface area contributed by atoms with Crippen molar-refractivity contribution < 1.29 is 0 Å². The SMILES string of the molecule is CC(C)CN1CCC(N2CC(C)CC(C)C2)C1. The molecule has 0 aromatic rings. The van der Waals surface area contributed by atoms with Crippen LogP contribution in [0.1, 0.15) is 40.5 Å². The lowest BCUT2D eigenvalue weighted by atomic mass is 9.91. The molecule has 2 fully saturated rings. The average Bonchev–Trinajstić information content (AvgIpc) is 2.63. The van der Waals surface area contributed by atoms with Gasteiger partial charge in [-0.2, -0.15) is 0 Å². The van der Waals surface area contributed by atoms with Gasteiger partial charge in [0.15, 0.2) is 0 Å². The summed E-state index contributed by atoms with van der Waals surface area (Å²) in [5.74, 6) is 2.61. The Balaban J connectivity index is 1.83. The van der Waals surface area contributed by atoms with Crippen LogP contribution in [-0.4, -0.2) is 48.6 Å². The first-order chi connectivity index (χ1) is 8.04. The van der Waals surface area contributed by atoms with E-state index in [9.17, 15) is 0 Å². The second kappa shape index (κ2) is 5.71. The van der Waals surface area contributed by atoms with Crippen molar-refractivity contribution in [3.05, 3.63) is 0 Å². The molecule has 3 atom stereocenters. The van der Waals surface area contributed by atoms with E-state index in [1.807, 2.05) is 0 Å². The lowest BCUT2D eigenvalue weighted by molar-refractivity contribution is 0.0966. The van der Waals surface area contributed by atoms with E-state index in [0.29, 0.717) is 0 Å². The second-order valence-electron chi connectivity index (χ2n) is 7.00. The number of piperidine rings is 1. The fourth-order valence-corrected chi connectivity index (χ4v) is 3.80. The molecule has 0 N–H and O–H groups in total. The van der Waals surface area contributed by atoms with Gasteiger partial charge in [-0.3, -0.25) is 4.90 Å². The number of hydrogen-bond donors (Lipinski definition) is 0. The van der Waals surface area contributed by atoms with Crippen LogP contribution in [0.25, 0.3) is 0 Å². The highest BCUT2D eigenvalue weighted by Gasteiger charge is 2.31. The summed E-state index contributed by atoms with van der Waals surface area (Å²) in [6.45, 7) is 16.1. The molecule has 0 spiro atoms. The fourth-order valence-electron chi connectivity index (χ4n) is 3.80. The third kappa shape index (κ3) is 3.69. The Hall–Kier alpha value is -0.0800. The van der Waals surface area contributed by atoms with Crippen LogP contribution in [0.15, 0.2) is 0 Å². The van der Waals surface area contributed by atoms with Crippen LogP contribution in [0.2, 0.25) is 0 Å². The Morgan fingerprint density at radius 3 is 2.29 bits per heavy atom. The lowest BCUT2D eigenvalue weighted by Gasteiger charge is -2.38. The molecule has 0 amide bonds. The number of nitrogens with zero attached hydrogens (tertiary/aromatic N) is 2. The average molecular weight is 238 g/mol. The smallest absolute Gasteiger partial charge is 0.0235 e. The molecule has 0 aliphatic carbocycles. The van der Waals surface area contributed by atoms with Gasteiger partial charge >= 0.3 is 0 Å². The molecule has 2 aliphatic rings. The van der Waals surface area contributed by atoms with Gasteiger partial charge in [0.05, 0.1) is 0 Å². The van der Waals surface area contributed by atoms with Gasteiger partial charge in [0.2, 0.25) is 0 Å². The van der Waals surface area contributed by atoms with Crippen LogP contribution in [0.5, 0.6) is 0 Å². The summed E-state index contributed by atoms with van der Waals surface area (Å²) in [5.41, 5.74) is 0. The number of hydrogen-bond acceptors (Lipinski definition) is 2. The van der Waals surface area contributed by atoms with Crippen molar-refractivity contribution in [3.63, 3.8) is 0 Å². The Morgan fingerprint density at radius 2 is 1.71 bits per heavy atom. The van der Waals surface area contributed by atoms with E-state index in [-0.39, 0.29) is 0 Å². The van der Waals surface area contributed by atoms with E-state index >= 15 is 0 Å². The largest absolute Gasteiger partial charge is 0.301 e. The Morgan fingerprint density at radius 1 is 1.06 bits per heavy atom. The Labute approximate surface area is 107 Å². The quantitative estimate of drug-likeness (QED) is 0.746. The van der Waals surface area contributed by atoms with Crippen LogP contribution in [0.4, 0.5) is 0 Å². The summed E-state index contributed by atoms with van der Waals surface area (Å²) in [6, 6.07) is 0.846. The van der Waals surface area contributed by atoms with Crippen molar-refractivity contribution in [2.24, 2.45) is 17.8 Å². The zero-order valence-corrected chi connectivity index (χ0v) is 12.2. The first-order valence-corrected chi connectivity index (χ1v) is 7.51. The third-order valence-corrected chi connectivity index (χ3v) is 4.28. The van der Waals surface area contributed by atoms with E-state index < -0.39 is 0 Å². The molecule has 0 radical (unpaired) electrons. The van der Waals surface area contributed by atoms with Gasteiger partial charge in [-0.15, -0.1) is 0 Å². The van der Waals surface area contributed by atoms with Gasteiger partial charge in [0, 0.05) is 32.2 Å². The molecule has 2 rings (SSSR count). The summed E-state index contributed by atoms with van der Waals surface area (Å²) in [7, 11) is 0. The standard InChI is InChI=1S/C15H30N2/c1-12(2)8-16-6-5-15(11-16)17-9-13(3)7-14(4)10-17/h12-15H,5-11H2,1-4H3. The molecule has 2 heteroatoms. The Kier molecular flexibility index (Phi) is 4.48. The highest BCUT2D eigenvalue weighted by Crippen LogP contribution is 2.26. The first-order valence-electron chi connectivity index (χ1n) is 7.51. The molecule has 2 aliphatic heterocycles. The number of rotatable bonds is 3. The molecule has 17 heavy (non-hydrogen) atoms. The van der Waals surface area contributed by atoms with Crippen LogP contribution in [-0.2, 0) is 0 Å². The van der Waals surface area contributed by atoms with Gasteiger partial charge in [-0.05, 0) is 37.1 Å². The summed E-state index contributed by atoms with van der Waals surface area (Å²) < 4.78 is 0. The predicted octanol–water partition coefficient (Wildman–Crippen LogP) is 2.69.